The van der Waals surface area contributed by atoms with Gasteiger partial charge in [-0.25, -0.2) is 4.79 Å². The van der Waals surface area contributed by atoms with Crippen molar-refractivity contribution in [3.63, 3.8) is 0 Å². The molecule has 6 heteroatoms. The van der Waals surface area contributed by atoms with Crippen LogP contribution in [0.2, 0.25) is 0 Å². The van der Waals surface area contributed by atoms with Gasteiger partial charge >= 0.3 is 12.0 Å². The summed E-state index contributed by atoms with van der Waals surface area (Å²) in [6, 6.07) is -0.00724. The third kappa shape index (κ3) is 1.88. The van der Waals surface area contributed by atoms with E-state index in [-0.39, 0.29) is 36.1 Å². The Morgan fingerprint density at radius 2 is 1.86 bits per heavy atom. The highest BCUT2D eigenvalue weighted by Gasteiger charge is 2.53. The lowest BCUT2D eigenvalue weighted by molar-refractivity contribution is -0.142. The molecule has 4 aliphatic rings. The van der Waals surface area contributed by atoms with Gasteiger partial charge in [0.05, 0.1) is 12.0 Å². The van der Waals surface area contributed by atoms with Crippen LogP contribution in [0.4, 0.5) is 4.79 Å². The lowest BCUT2D eigenvalue weighted by Crippen LogP contribution is -2.46. The van der Waals surface area contributed by atoms with Gasteiger partial charge in [-0.05, 0) is 38.0 Å². The second-order valence-corrected chi connectivity index (χ2v) is 7.14. The van der Waals surface area contributed by atoms with Crippen molar-refractivity contribution in [1.82, 2.24) is 9.80 Å². The Bertz CT molecular complexity index is 482. The highest BCUT2D eigenvalue weighted by atomic mass is 16.4. The van der Waals surface area contributed by atoms with E-state index in [2.05, 4.69) is 0 Å². The van der Waals surface area contributed by atoms with E-state index in [1.54, 1.807) is 0 Å². The fourth-order valence-corrected chi connectivity index (χ4v) is 5.11. The van der Waals surface area contributed by atoms with Gasteiger partial charge in [0.2, 0.25) is 0 Å². The van der Waals surface area contributed by atoms with Gasteiger partial charge in [0.25, 0.3) is 0 Å². The standard InChI is InChI=1S/C15H22N2O4/c18-13-4-1-8-6-16(7-11(8)13)15(21)17-9-2-3-12(17)10(5-9)14(19)20/h8-13,18H,1-7H2,(H,19,20). The molecule has 21 heavy (non-hydrogen) atoms. The van der Waals surface area contributed by atoms with E-state index in [4.69, 9.17) is 0 Å². The van der Waals surface area contributed by atoms with Gasteiger partial charge in [-0.1, -0.05) is 0 Å². The number of rotatable bonds is 1. The van der Waals surface area contributed by atoms with Crippen LogP contribution in [-0.2, 0) is 4.79 Å². The summed E-state index contributed by atoms with van der Waals surface area (Å²) in [6.45, 7) is 1.37. The summed E-state index contributed by atoms with van der Waals surface area (Å²) in [5.74, 6) is -0.502. The van der Waals surface area contributed by atoms with Gasteiger partial charge in [-0.15, -0.1) is 0 Å². The summed E-state index contributed by atoms with van der Waals surface area (Å²) in [7, 11) is 0. The number of aliphatic hydroxyl groups excluding tert-OH is 1. The van der Waals surface area contributed by atoms with Gasteiger partial charge in [-0.3, -0.25) is 4.79 Å². The third-order valence-electron chi connectivity index (χ3n) is 6.16. The summed E-state index contributed by atoms with van der Waals surface area (Å²) in [6.07, 6.45) is 3.94. The molecule has 6 atom stereocenters. The van der Waals surface area contributed by atoms with Crippen molar-refractivity contribution in [2.45, 2.75) is 50.3 Å². The Morgan fingerprint density at radius 1 is 1.05 bits per heavy atom. The minimum absolute atomic E-state index is 0.00727. The average molecular weight is 294 g/mol. The molecule has 4 rings (SSSR count). The molecule has 0 aromatic carbocycles. The number of amides is 2. The number of carbonyl (C=O) groups is 2. The zero-order valence-electron chi connectivity index (χ0n) is 12.0. The SMILES string of the molecule is O=C(O)C1CC2CCC1N2C(=O)N1CC2CCC(O)C2C1. The Balaban J connectivity index is 1.48. The average Bonchev–Trinajstić information content (AvgIpc) is 3.19. The van der Waals surface area contributed by atoms with Crippen LogP contribution in [0.5, 0.6) is 0 Å². The minimum atomic E-state index is -0.770. The smallest absolute Gasteiger partial charge is 0.320 e. The summed E-state index contributed by atoms with van der Waals surface area (Å²) < 4.78 is 0. The van der Waals surface area contributed by atoms with Crippen LogP contribution in [0.15, 0.2) is 0 Å². The first-order chi connectivity index (χ1) is 10.1. The first-order valence-electron chi connectivity index (χ1n) is 8.04. The number of carboxylic acid groups (broad SMARTS) is 1. The van der Waals surface area contributed by atoms with Crippen molar-refractivity contribution in [1.29, 1.82) is 0 Å². The molecule has 6 nitrogen and oxygen atoms in total. The van der Waals surface area contributed by atoms with Crippen LogP contribution in [0.3, 0.4) is 0 Å². The predicted molar refractivity (Wildman–Crippen MR) is 73.6 cm³/mol. The van der Waals surface area contributed by atoms with Gasteiger partial charge < -0.3 is 20.0 Å². The number of likely N-dealkylation sites (tertiary alicyclic amines) is 1. The maximum atomic E-state index is 12.8. The number of fused-ring (bicyclic) bond motifs is 3. The molecule has 1 aliphatic carbocycles. The second kappa shape index (κ2) is 4.60. The van der Waals surface area contributed by atoms with E-state index >= 15 is 0 Å². The summed E-state index contributed by atoms with van der Waals surface area (Å²) in [5.41, 5.74) is 0. The maximum absolute atomic E-state index is 12.8. The third-order valence-corrected chi connectivity index (χ3v) is 6.16. The first-order valence-corrected chi connectivity index (χ1v) is 8.04. The molecule has 3 aliphatic heterocycles. The Hall–Kier alpha value is -1.30. The molecule has 6 unspecified atom stereocenters. The molecule has 2 amide bonds. The van der Waals surface area contributed by atoms with Crippen LogP contribution >= 0.6 is 0 Å². The minimum Gasteiger partial charge on any atom is -0.481 e. The molecule has 0 spiro atoms. The number of carboxylic acids is 1. The highest BCUT2D eigenvalue weighted by molar-refractivity contribution is 5.79. The van der Waals surface area contributed by atoms with Crippen molar-refractivity contribution in [3.8, 4) is 0 Å². The van der Waals surface area contributed by atoms with E-state index in [1.165, 1.54) is 0 Å². The van der Waals surface area contributed by atoms with E-state index in [0.29, 0.717) is 18.9 Å². The molecule has 2 bridgehead atoms. The highest BCUT2D eigenvalue weighted by Crippen LogP contribution is 2.44. The molecular formula is C15H22N2O4. The number of aliphatic hydroxyl groups is 1. The number of nitrogens with zero attached hydrogens (tertiary/aromatic N) is 2. The quantitative estimate of drug-likeness (QED) is 0.747. The van der Waals surface area contributed by atoms with E-state index in [1.807, 2.05) is 9.80 Å². The molecule has 4 fully saturated rings. The van der Waals surface area contributed by atoms with Crippen LogP contribution in [0.1, 0.15) is 32.1 Å². The number of hydrogen-bond acceptors (Lipinski definition) is 3. The lowest BCUT2D eigenvalue weighted by Gasteiger charge is -2.29. The number of aliphatic carboxylic acids is 1. The number of hydrogen-bond donors (Lipinski definition) is 2. The molecule has 1 saturated carbocycles. The first kappa shape index (κ1) is 13.4. The monoisotopic (exact) mass is 294 g/mol. The molecule has 0 aromatic heterocycles. The molecule has 2 N–H and O–H groups in total. The van der Waals surface area contributed by atoms with Crippen LogP contribution < -0.4 is 0 Å². The summed E-state index contributed by atoms with van der Waals surface area (Å²) in [5, 5.41) is 19.2. The van der Waals surface area contributed by atoms with Crippen LogP contribution in [0.25, 0.3) is 0 Å². The van der Waals surface area contributed by atoms with Gasteiger partial charge in [0, 0.05) is 31.1 Å². The fourth-order valence-electron chi connectivity index (χ4n) is 5.11. The number of urea groups is 1. The molecule has 0 aromatic rings. The molecule has 3 heterocycles. The van der Waals surface area contributed by atoms with Gasteiger partial charge in [0.1, 0.15) is 0 Å². The lowest BCUT2D eigenvalue weighted by atomic mass is 9.89. The zero-order valence-corrected chi connectivity index (χ0v) is 12.0. The van der Waals surface area contributed by atoms with Crippen LogP contribution in [0, 0.1) is 17.8 Å². The number of carbonyl (C=O) groups excluding carboxylic acids is 1. The molecule has 3 saturated heterocycles. The second-order valence-electron chi connectivity index (χ2n) is 7.14. The molecule has 116 valence electrons. The molecule has 0 radical (unpaired) electrons. The Kier molecular flexibility index (Phi) is 2.93. The van der Waals surface area contributed by atoms with Crippen molar-refractivity contribution < 1.29 is 19.8 Å². The van der Waals surface area contributed by atoms with Crippen LogP contribution in [-0.4, -0.2) is 63.3 Å². The largest absolute Gasteiger partial charge is 0.481 e. The Labute approximate surface area is 123 Å². The zero-order chi connectivity index (χ0) is 14.7. The van der Waals surface area contributed by atoms with E-state index in [9.17, 15) is 19.8 Å². The molecular weight excluding hydrogens is 272 g/mol. The fraction of sp³-hybridized carbons (Fsp3) is 0.867. The van der Waals surface area contributed by atoms with Gasteiger partial charge in [-0.2, -0.15) is 0 Å². The Morgan fingerprint density at radius 3 is 2.52 bits per heavy atom. The maximum Gasteiger partial charge on any atom is 0.320 e. The topological polar surface area (TPSA) is 81.1 Å². The normalized spacial score (nSPS) is 44.4. The van der Waals surface area contributed by atoms with Crippen molar-refractivity contribution in [3.05, 3.63) is 0 Å². The van der Waals surface area contributed by atoms with E-state index < -0.39 is 5.97 Å². The summed E-state index contributed by atoms with van der Waals surface area (Å²) >= 11 is 0. The van der Waals surface area contributed by atoms with Crippen molar-refractivity contribution in [2.75, 3.05) is 13.1 Å². The summed E-state index contributed by atoms with van der Waals surface area (Å²) in [4.78, 5) is 27.8. The van der Waals surface area contributed by atoms with E-state index in [0.717, 1.165) is 32.2 Å². The van der Waals surface area contributed by atoms with Crippen molar-refractivity contribution >= 4 is 12.0 Å². The predicted octanol–water partition coefficient (Wildman–Crippen LogP) is 0.747. The van der Waals surface area contributed by atoms with Crippen molar-refractivity contribution in [2.24, 2.45) is 17.8 Å². The van der Waals surface area contributed by atoms with Gasteiger partial charge in [0.15, 0.2) is 0 Å².